The van der Waals surface area contributed by atoms with E-state index in [0.717, 1.165) is 17.8 Å². The molecule has 2 N–H and O–H groups in total. The van der Waals surface area contributed by atoms with Gasteiger partial charge in [0.1, 0.15) is 5.82 Å². The van der Waals surface area contributed by atoms with Crippen LogP contribution in [0.1, 0.15) is 72.3 Å². The van der Waals surface area contributed by atoms with Gasteiger partial charge in [-0.1, -0.05) is 53.9 Å². The molecule has 1 aromatic heterocycles. The van der Waals surface area contributed by atoms with Gasteiger partial charge in [0.25, 0.3) is 0 Å². The van der Waals surface area contributed by atoms with Crippen LogP contribution < -0.4 is 5.32 Å². The minimum atomic E-state index is -0.164. The number of hydrogen-bond donors (Lipinski definition) is 2. The molecule has 3 heteroatoms. The molecule has 0 aromatic carbocycles. The molecule has 3 nitrogen and oxygen atoms in total. The lowest BCUT2D eigenvalue weighted by Crippen LogP contribution is -2.25. The number of anilines is 1. The van der Waals surface area contributed by atoms with Gasteiger partial charge >= 0.3 is 0 Å². The Bertz CT molecular complexity index is 446. The van der Waals surface area contributed by atoms with E-state index in [2.05, 4.69) is 44.9 Å². The zero-order chi connectivity index (χ0) is 15.9. The van der Waals surface area contributed by atoms with E-state index < -0.39 is 0 Å². The van der Waals surface area contributed by atoms with Gasteiger partial charge < -0.3 is 10.7 Å². The molecule has 0 aliphatic rings. The molecule has 1 atom stereocenters. The van der Waals surface area contributed by atoms with Gasteiger partial charge in [-0.25, -0.2) is 4.98 Å². The van der Waals surface area contributed by atoms with E-state index in [4.69, 9.17) is 5.41 Å². The number of aromatic nitrogens is 1. The SMILES string of the molecule is CCCCC(CCC)Nc1ncccc1C(=N)C(C)(C)C. The highest BCUT2D eigenvalue weighted by Gasteiger charge is 2.22. The van der Waals surface area contributed by atoms with Gasteiger partial charge in [0.05, 0.1) is 0 Å². The molecular weight excluding hydrogens is 258 g/mol. The van der Waals surface area contributed by atoms with E-state index in [1.54, 1.807) is 0 Å². The Balaban J connectivity index is 2.93. The van der Waals surface area contributed by atoms with E-state index in [0.29, 0.717) is 11.8 Å². The van der Waals surface area contributed by atoms with Crippen LogP contribution in [0.25, 0.3) is 0 Å². The number of hydrogen-bond acceptors (Lipinski definition) is 3. The maximum Gasteiger partial charge on any atom is 0.135 e. The molecule has 1 heterocycles. The first-order chi connectivity index (χ1) is 9.90. The van der Waals surface area contributed by atoms with Crippen LogP contribution in [0.15, 0.2) is 18.3 Å². The molecule has 0 saturated heterocycles. The standard InChI is InChI=1S/C18H31N3/c1-6-8-11-14(10-7-2)21-17-15(12-9-13-20-17)16(19)18(3,4)5/h9,12-14,19H,6-8,10-11H2,1-5H3,(H,20,21). The van der Waals surface area contributed by atoms with Crippen LogP contribution in [-0.2, 0) is 0 Å². The van der Waals surface area contributed by atoms with Crippen molar-refractivity contribution in [2.75, 3.05) is 5.32 Å². The molecule has 118 valence electrons. The summed E-state index contributed by atoms with van der Waals surface area (Å²) in [7, 11) is 0. The van der Waals surface area contributed by atoms with Crippen LogP contribution >= 0.6 is 0 Å². The van der Waals surface area contributed by atoms with E-state index in [-0.39, 0.29) is 5.41 Å². The Hall–Kier alpha value is -1.38. The van der Waals surface area contributed by atoms with E-state index in [1.807, 2.05) is 18.3 Å². The van der Waals surface area contributed by atoms with E-state index in [1.165, 1.54) is 25.7 Å². The second-order valence-electron chi connectivity index (χ2n) is 6.80. The minimum absolute atomic E-state index is 0.164. The van der Waals surface area contributed by atoms with E-state index in [9.17, 15) is 0 Å². The van der Waals surface area contributed by atoms with Gasteiger partial charge in [-0.15, -0.1) is 0 Å². The third-order valence-electron chi connectivity index (χ3n) is 3.71. The maximum absolute atomic E-state index is 8.43. The van der Waals surface area contributed by atoms with Crippen molar-refractivity contribution in [2.24, 2.45) is 5.41 Å². The lowest BCUT2D eigenvalue weighted by molar-refractivity contribution is 0.562. The van der Waals surface area contributed by atoms with Gasteiger partial charge in [0, 0.05) is 28.9 Å². The molecule has 1 unspecified atom stereocenters. The largest absolute Gasteiger partial charge is 0.367 e. The summed E-state index contributed by atoms with van der Waals surface area (Å²) in [5, 5.41) is 12.0. The smallest absolute Gasteiger partial charge is 0.135 e. The summed E-state index contributed by atoms with van der Waals surface area (Å²) < 4.78 is 0. The molecule has 1 aromatic rings. The second kappa shape index (κ2) is 8.16. The van der Waals surface area contributed by atoms with E-state index >= 15 is 0 Å². The highest BCUT2D eigenvalue weighted by atomic mass is 15.0. The van der Waals surface area contributed by atoms with Crippen molar-refractivity contribution in [1.29, 1.82) is 5.41 Å². The molecule has 21 heavy (non-hydrogen) atoms. The van der Waals surface area contributed by atoms with Crippen molar-refractivity contribution in [1.82, 2.24) is 4.98 Å². The molecule has 0 saturated carbocycles. The summed E-state index contributed by atoms with van der Waals surface area (Å²) >= 11 is 0. The first-order valence-electron chi connectivity index (χ1n) is 8.21. The average Bonchev–Trinajstić information content (AvgIpc) is 2.44. The average molecular weight is 289 g/mol. The van der Waals surface area contributed by atoms with Crippen molar-refractivity contribution in [2.45, 2.75) is 72.8 Å². The Morgan fingerprint density at radius 2 is 1.95 bits per heavy atom. The first-order valence-corrected chi connectivity index (χ1v) is 8.21. The predicted octanol–water partition coefficient (Wildman–Crippen LogP) is 5.27. The summed E-state index contributed by atoms with van der Waals surface area (Å²) in [5.74, 6) is 0.868. The van der Waals surface area contributed by atoms with Crippen molar-refractivity contribution >= 4 is 11.5 Å². The van der Waals surface area contributed by atoms with Crippen molar-refractivity contribution in [3.05, 3.63) is 23.9 Å². The fourth-order valence-electron chi connectivity index (χ4n) is 2.41. The Labute approximate surface area is 130 Å². The summed E-state index contributed by atoms with van der Waals surface area (Å²) in [6, 6.07) is 4.38. The fraction of sp³-hybridized carbons (Fsp3) is 0.667. The van der Waals surface area contributed by atoms with Gasteiger partial charge in [0.15, 0.2) is 0 Å². The third kappa shape index (κ3) is 5.49. The van der Waals surface area contributed by atoms with Crippen LogP contribution in [0.2, 0.25) is 0 Å². The number of unbranched alkanes of at least 4 members (excludes halogenated alkanes) is 1. The molecule has 0 radical (unpaired) electrons. The highest BCUT2D eigenvalue weighted by Crippen LogP contribution is 2.25. The van der Waals surface area contributed by atoms with Gasteiger partial charge in [-0.3, -0.25) is 0 Å². The van der Waals surface area contributed by atoms with Crippen LogP contribution in [-0.4, -0.2) is 16.7 Å². The number of nitrogens with zero attached hydrogens (tertiary/aromatic N) is 1. The fourth-order valence-corrected chi connectivity index (χ4v) is 2.41. The lowest BCUT2D eigenvalue weighted by atomic mass is 9.86. The van der Waals surface area contributed by atoms with Crippen molar-refractivity contribution in [3.8, 4) is 0 Å². The Morgan fingerprint density at radius 1 is 1.24 bits per heavy atom. The van der Waals surface area contributed by atoms with Crippen LogP contribution in [0.3, 0.4) is 0 Å². The zero-order valence-electron chi connectivity index (χ0n) is 14.3. The molecule has 0 bridgehead atoms. The quantitative estimate of drug-likeness (QED) is 0.641. The first kappa shape index (κ1) is 17.7. The zero-order valence-corrected chi connectivity index (χ0v) is 14.3. The third-order valence-corrected chi connectivity index (χ3v) is 3.71. The van der Waals surface area contributed by atoms with Crippen molar-refractivity contribution < 1.29 is 0 Å². The lowest BCUT2D eigenvalue weighted by Gasteiger charge is -2.24. The summed E-state index contributed by atoms with van der Waals surface area (Å²) in [4.78, 5) is 4.49. The molecule has 0 amide bonds. The Morgan fingerprint density at radius 3 is 2.52 bits per heavy atom. The summed E-state index contributed by atoms with van der Waals surface area (Å²) in [6.07, 6.45) is 7.75. The topological polar surface area (TPSA) is 48.8 Å². The monoisotopic (exact) mass is 289 g/mol. The highest BCUT2D eigenvalue weighted by molar-refractivity contribution is 6.05. The molecule has 0 fully saturated rings. The molecule has 0 spiro atoms. The summed E-state index contributed by atoms with van der Waals surface area (Å²) in [6.45, 7) is 10.7. The normalized spacial score (nSPS) is 13.0. The number of pyridine rings is 1. The van der Waals surface area contributed by atoms with Crippen LogP contribution in [0.5, 0.6) is 0 Å². The second-order valence-corrected chi connectivity index (χ2v) is 6.80. The van der Waals surface area contributed by atoms with Crippen LogP contribution in [0.4, 0.5) is 5.82 Å². The van der Waals surface area contributed by atoms with Crippen LogP contribution in [0, 0.1) is 10.8 Å². The molecule has 0 aliphatic heterocycles. The maximum atomic E-state index is 8.43. The predicted molar refractivity (Wildman–Crippen MR) is 92.4 cm³/mol. The number of rotatable bonds is 8. The minimum Gasteiger partial charge on any atom is -0.367 e. The van der Waals surface area contributed by atoms with Gasteiger partial charge in [-0.2, -0.15) is 0 Å². The van der Waals surface area contributed by atoms with Gasteiger partial charge in [0.2, 0.25) is 0 Å². The Kier molecular flexibility index (Phi) is 6.86. The molecule has 0 aliphatic carbocycles. The molecule has 1 rings (SSSR count). The molecular formula is C18H31N3. The van der Waals surface area contributed by atoms with Gasteiger partial charge in [-0.05, 0) is 25.0 Å². The summed E-state index contributed by atoms with van der Waals surface area (Å²) in [5.41, 5.74) is 1.41. The van der Waals surface area contributed by atoms with Crippen molar-refractivity contribution in [3.63, 3.8) is 0 Å². The number of nitrogens with one attached hydrogen (secondary N) is 2.